The Morgan fingerprint density at radius 3 is 1.49 bits per heavy atom. The van der Waals surface area contributed by atoms with Crippen LogP contribution in [0.1, 0.15) is 11.1 Å². The highest BCUT2D eigenvalue weighted by Crippen LogP contribution is 2.37. The predicted molar refractivity (Wildman–Crippen MR) is 188 cm³/mol. The maximum absolute atomic E-state index is 11.3. The first-order chi connectivity index (χ1) is 24.8. The second-order valence-electron chi connectivity index (χ2n) is 11.1. The predicted octanol–water partition coefficient (Wildman–Crippen LogP) is 6.78. The summed E-state index contributed by atoms with van der Waals surface area (Å²) < 4.78 is 14.6. The molecule has 0 fully saturated rings. The number of hydrogen-bond donors (Lipinski definition) is 0. The van der Waals surface area contributed by atoms with E-state index >= 15 is 0 Å². The first kappa shape index (κ1) is 31.6. The molecule has 16 nitrogen and oxygen atoms in total. The van der Waals surface area contributed by atoms with Gasteiger partial charge in [0.1, 0.15) is 21.5 Å². The number of rotatable bonds is 10. The number of ether oxygens (including phenoxy) is 2. The number of benzene rings is 4. The largest absolute Gasteiger partial charge is 0.496 e. The van der Waals surface area contributed by atoms with E-state index in [0.29, 0.717) is 71.8 Å². The minimum absolute atomic E-state index is 0.0278. The van der Waals surface area contributed by atoms with Gasteiger partial charge in [0.2, 0.25) is 9.92 Å². The van der Waals surface area contributed by atoms with Crippen molar-refractivity contribution < 1.29 is 19.3 Å². The zero-order chi connectivity index (χ0) is 35.2. The minimum atomic E-state index is -0.443. The molecular weight excluding hydrogens is 697 g/mol. The Bertz CT molecular complexity index is 2470. The molecule has 0 aliphatic rings. The second-order valence-corrected chi connectivity index (χ2v) is 13.0. The zero-order valence-electron chi connectivity index (χ0n) is 26.5. The summed E-state index contributed by atoms with van der Waals surface area (Å²) in [5, 5.41) is 50.6. The van der Waals surface area contributed by atoms with Crippen molar-refractivity contribution in [1.29, 1.82) is 0 Å². The average Bonchev–Trinajstić information content (AvgIpc) is 3.93. The summed E-state index contributed by atoms with van der Waals surface area (Å²) in [5.74, 6) is 2.06. The molecule has 0 amide bonds. The first-order valence-corrected chi connectivity index (χ1v) is 16.7. The van der Waals surface area contributed by atoms with Gasteiger partial charge < -0.3 is 9.47 Å². The van der Waals surface area contributed by atoms with Crippen molar-refractivity contribution in [3.05, 3.63) is 116 Å². The molecule has 0 bridgehead atoms. The molecule has 18 heteroatoms. The molecule has 0 radical (unpaired) electrons. The van der Waals surface area contributed by atoms with E-state index in [4.69, 9.17) is 19.7 Å². The van der Waals surface area contributed by atoms with E-state index in [9.17, 15) is 20.2 Å². The molecule has 0 aliphatic carbocycles. The molecule has 8 rings (SSSR count). The standard InChI is InChI=1S/C33H22N10O6S2/c1-48-26-11-9-18(14-24(26)28-34-36-32-40(28)38-30(50-32)20-5-3-7-22(16-20)42(44)45)13-19-10-12-27(49-2)25(15-19)29-35-37-33-41(29)39-31(51-33)21-6-4-8-23(17-21)43(46)47/h3-12,14-17H,13H2,1-2H3. The fourth-order valence-corrected chi connectivity index (χ4v) is 7.29. The van der Waals surface area contributed by atoms with Gasteiger partial charge in [0.15, 0.2) is 11.6 Å². The number of nitro benzene ring substituents is 2. The number of nitrogens with zero attached hydrogens (tertiary/aromatic N) is 10. The van der Waals surface area contributed by atoms with Gasteiger partial charge in [-0.2, -0.15) is 19.2 Å². The Labute approximate surface area is 294 Å². The van der Waals surface area contributed by atoms with Crippen LogP contribution in [0.3, 0.4) is 0 Å². The molecular formula is C33H22N10O6S2. The molecule has 51 heavy (non-hydrogen) atoms. The molecule has 8 aromatic rings. The highest BCUT2D eigenvalue weighted by atomic mass is 32.1. The third-order valence-electron chi connectivity index (χ3n) is 8.01. The summed E-state index contributed by atoms with van der Waals surface area (Å²) in [4.78, 5) is 22.8. The maximum Gasteiger partial charge on any atom is 0.270 e. The van der Waals surface area contributed by atoms with Gasteiger partial charge in [0, 0.05) is 35.4 Å². The number of aromatic nitrogens is 8. The van der Waals surface area contributed by atoms with Crippen LogP contribution in [0.2, 0.25) is 0 Å². The van der Waals surface area contributed by atoms with Crippen molar-refractivity contribution in [2.24, 2.45) is 0 Å². The van der Waals surface area contributed by atoms with E-state index in [1.807, 2.05) is 36.4 Å². The van der Waals surface area contributed by atoms with Crippen LogP contribution in [0.4, 0.5) is 11.4 Å². The van der Waals surface area contributed by atoms with Crippen LogP contribution in [-0.2, 0) is 6.42 Å². The van der Waals surface area contributed by atoms with E-state index in [1.165, 1.54) is 46.9 Å². The molecule has 0 saturated carbocycles. The fourth-order valence-electron chi connectivity index (χ4n) is 5.62. The van der Waals surface area contributed by atoms with Crippen molar-refractivity contribution in [3.8, 4) is 55.4 Å². The maximum atomic E-state index is 11.3. The van der Waals surface area contributed by atoms with Crippen molar-refractivity contribution in [2.45, 2.75) is 6.42 Å². The molecule has 0 spiro atoms. The Balaban J connectivity index is 1.13. The van der Waals surface area contributed by atoms with Gasteiger partial charge in [-0.15, -0.1) is 20.4 Å². The van der Waals surface area contributed by atoms with Crippen LogP contribution >= 0.6 is 22.7 Å². The summed E-state index contributed by atoms with van der Waals surface area (Å²) in [6.07, 6.45) is 0.518. The van der Waals surface area contributed by atoms with Crippen LogP contribution in [0.5, 0.6) is 11.5 Å². The Kier molecular flexibility index (Phi) is 7.84. The summed E-state index contributed by atoms with van der Waals surface area (Å²) >= 11 is 2.54. The molecule has 4 aromatic heterocycles. The first-order valence-electron chi connectivity index (χ1n) is 15.1. The van der Waals surface area contributed by atoms with E-state index in [-0.39, 0.29) is 11.4 Å². The summed E-state index contributed by atoms with van der Waals surface area (Å²) in [6, 6.07) is 24.1. The van der Waals surface area contributed by atoms with Crippen molar-refractivity contribution in [2.75, 3.05) is 14.2 Å². The van der Waals surface area contributed by atoms with Gasteiger partial charge >= 0.3 is 0 Å². The molecule has 0 N–H and O–H groups in total. The van der Waals surface area contributed by atoms with E-state index in [0.717, 1.165) is 11.1 Å². The molecule has 0 aliphatic heterocycles. The lowest BCUT2D eigenvalue weighted by Crippen LogP contribution is -1.99. The third-order valence-corrected chi connectivity index (χ3v) is 9.90. The van der Waals surface area contributed by atoms with Crippen LogP contribution in [0.25, 0.3) is 53.8 Å². The number of nitro groups is 2. The van der Waals surface area contributed by atoms with Crippen LogP contribution < -0.4 is 9.47 Å². The van der Waals surface area contributed by atoms with Gasteiger partial charge in [-0.1, -0.05) is 59.1 Å². The Hall–Kier alpha value is -6.66. The van der Waals surface area contributed by atoms with Crippen LogP contribution in [0, 0.1) is 20.2 Å². The normalized spacial score (nSPS) is 11.3. The van der Waals surface area contributed by atoms with E-state index in [1.54, 1.807) is 47.5 Å². The Morgan fingerprint density at radius 1 is 0.627 bits per heavy atom. The van der Waals surface area contributed by atoms with Crippen LogP contribution in [-0.4, -0.2) is 63.7 Å². The van der Waals surface area contributed by atoms with Gasteiger partial charge in [-0.25, -0.2) is 0 Å². The van der Waals surface area contributed by atoms with Crippen molar-refractivity contribution in [3.63, 3.8) is 0 Å². The Morgan fingerprint density at radius 2 is 1.08 bits per heavy atom. The highest BCUT2D eigenvalue weighted by molar-refractivity contribution is 7.20. The molecule has 0 atom stereocenters. The van der Waals surface area contributed by atoms with Gasteiger partial charge in [-0.05, 0) is 41.8 Å². The SMILES string of the molecule is COc1ccc(Cc2ccc(OC)c(-c3nnc4sc(-c5cccc([N+](=O)[O-])c5)nn34)c2)cc1-c1nnc2sc(-c3cccc([N+](=O)[O-])c3)nn12. The average molecular weight is 719 g/mol. The minimum Gasteiger partial charge on any atom is -0.496 e. The van der Waals surface area contributed by atoms with Gasteiger partial charge in [-0.3, -0.25) is 20.2 Å². The lowest BCUT2D eigenvalue weighted by Gasteiger charge is -2.11. The third kappa shape index (κ3) is 5.77. The number of methoxy groups -OCH3 is 2. The fraction of sp³-hybridized carbons (Fsp3) is 0.0909. The van der Waals surface area contributed by atoms with Crippen molar-refractivity contribution >= 4 is 44.0 Å². The smallest absolute Gasteiger partial charge is 0.270 e. The highest BCUT2D eigenvalue weighted by Gasteiger charge is 2.22. The second kappa shape index (κ2) is 12.7. The van der Waals surface area contributed by atoms with Crippen LogP contribution in [0.15, 0.2) is 84.9 Å². The topological polar surface area (TPSA) is 191 Å². The molecule has 0 saturated heterocycles. The zero-order valence-corrected chi connectivity index (χ0v) is 28.2. The lowest BCUT2D eigenvalue weighted by molar-refractivity contribution is -0.385. The molecule has 252 valence electrons. The van der Waals surface area contributed by atoms with E-state index in [2.05, 4.69) is 20.4 Å². The molecule has 4 heterocycles. The number of fused-ring (bicyclic) bond motifs is 2. The monoisotopic (exact) mass is 718 g/mol. The van der Waals surface area contributed by atoms with Crippen molar-refractivity contribution in [1.82, 2.24) is 39.6 Å². The summed E-state index contributed by atoms with van der Waals surface area (Å²) in [6.45, 7) is 0. The molecule has 0 unspecified atom stereocenters. The number of non-ortho nitro benzene ring substituents is 2. The summed E-state index contributed by atoms with van der Waals surface area (Å²) in [7, 11) is 3.15. The molecule has 4 aromatic carbocycles. The van der Waals surface area contributed by atoms with Gasteiger partial charge in [0.05, 0.1) is 35.2 Å². The lowest BCUT2D eigenvalue weighted by atomic mass is 9.99. The van der Waals surface area contributed by atoms with Gasteiger partial charge in [0.25, 0.3) is 11.4 Å². The van der Waals surface area contributed by atoms with E-state index < -0.39 is 9.85 Å². The quantitative estimate of drug-likeness (QED) is 0.107. The number of hydrogen-bond acceptors (Lipinski definition) is 14. The summed E-state index contributed by atoms with van der Waals surface area (Å²) in [5.41, 5.74) is 4.38.